The van der Waals surface area contributed by atoms with Crippen LogP contribution in [0.25, 0.3) is 0 Å². The van der Waals surface area contributed by atoms with Gasteiger partial charge in [-0.1, -0.05) is 0 Å². The van der Waals surface area contributed by atoms with Crippen molar-refractivity contribution in [1.29, 1.82) is 0 Å². The van der Waals surface area contributed by atoms with E-state index in [1.165, 1.54) is 0 Å². The van der Waals surface area contributed by atoms with Crippen molar-refractivity contribution in [2.24, 2.45) is 4.99 Å². The van der Waals surface area contributed by atoms with Gasteiger partial charge >= 0.3 is 6.09 Å². The maximum Gasteiger partial charge on any atom is 0.407 e. The molecule has 2 rings (SSSR count). The maximum atomic E-state index is 11.6. The summed E-state index contributed by atoms with van der Waals surface area (Å²) in [5.41, 5.74) is 0.554. The average molecular weight is 571 g/mol. The Hall–Kier alpha value is -1.43. The Bertz CT molecular complexity index is 695. The van der Waals surface area contributed by atoms with Gasteiger partial charge in [-0.2, -0.15) is 0 Å². The van der Waals surface area contributed by atoms with Crippen LogP contribution in [0.3, 0.4) is 0 Å². The third kappa shape index (κ3) is 8.29. The number of nitrogens with zero attached hydrogens (tertiary/aromatic N) is 1. The third-order valence-electron chi connectivity index (χ3n) is 3.48. The summed E-state index contributed by atoms with van der Waals surface area (Å²) < 4.78 is 16.9. The molecular formula is C18H28BrIN4O4. The van der Waals surface area contributed by atoms with Gasteiger partial charge < -0.3 is 30.2 Å². The van der Waals surface area contributed by atoms with Crippen LogP contribution in [-0.4, -0.2) is 44.6 Å². The number of ether oxygens (including phenoxy) is 3. The zero-order valence-electron chi connectivity index (χ0n) is 16.6. The summed E-state index contributed by atoms with van der Waals surface area (Å²) in [5.74, 6) is 2.15. The molecule has 0 saturated carbocycles. The molecule has 1 aliphatic rings. The summed E-state index contributed by atoms with van der Waals surface area (Å²) >= 11 is 3.49. The van der Waals surface area contributed by atoms with Gasteiger partial charge in [0.1, 0.15) is 5.60 Å². The van der Waals surface area contributed by atoms with Crippen molar-refractivity contribution < 1.29 is 19.0 Å². The van der Waals surface area contributed by atoms with Gasteiger partial charge in [0.05, 0.1) is 4.47 Å². The fourth-order valence-electron chi connectivity index (χ4n) is 2.33. The van der Waals surface area contributed by atoms with Gasteiger partial charge in [0.25, 0.3) is 0 Å². The first kappa shape index (κ1) is 24.6. The molecule has 1 amide bonds. The van der Waals surface area contributed by atoms with Crippen LogP contribution in [0, 0.1) is 0 Å². The number of carbonyl (C=O) groups is 1. The Morgan fingerprint density at radius 1 is 1.21 bits per heavy atom. The van der Waals surface area contributed by atoms with E-state index in [1.54, 1.807) is 7.05 Å². The molecule has 1 heterocycles. The number of carbonyl (C=O) groups excluding carboxylic acids is 1. The minimum absolute atomic E-state index is 0. The molecule has 158 valence electrons. The number of aliphatic imine (C=N–C) groups is 1. The van der Waals surface area contributed by atoms with E-state index in [2.05, 4.69) is 36.9 Å². The lowest BCUT2D eigenvalue weighted by atomic mass is 10.2. The van der Waals surface area contributed by atoms with Gasteiger partial charge in [0.2, 0.25) is 6.79 Å². The fraction of sp³-hybridized carbons (Fsp3) is 0.556. The number of rotatable bonds is 6. The molecule has 0 fully saturated rings. The van der Waals surface area contributed by atoms with Gasteiger partial charge in [0.15, 0.2) is 17.5 Å². The van der Waals surface area contributed by atoms with Crippen LogP contribution in [0.2, 0.25) is 0 Å². The molecule has 3 N–H and O–H groups in total. The second-order valence-electron chi connectivity index (χ2n) is 6.95. The number of hydrogen-bond acceptors (Lipinski definition) is 5. The largest absolute Gasteiger partial charge is 0.454 e. The van der Waals surface area contributed by atoms with Crippen LogP contribution in [0.15, 0.2) is 21.6 Å². The second-order valence-corrected chi connectivity index (χ2v) is 7.80. The standard InChI is InChI=1S/C18H27BrN4O4.HI/c1-18(2,3)27-17(24)22-7-5-6-21-16(20-4)23-10-12-8-13(19)15-14(9-12)25-11-26-15;/h8-9H,5-7,10-11H2,1-4H3,(H,22,24)(H2,20,21,23);1H. The number of alkyl carbamates (subject to hydrolysis) is 1. The normalized spacial score (nSPS) is 12.8. The van der Waals surface area contributed by atoms with Gasteiger partial charge in [-0.05, 0) is 60.8 Å². The van der Waals surface area contributed by atoms with E-state index in [0.29, 0.717) is 25.6 Å². The fourth-order valence-corrected chi connectivity index (χ4v) is 2.93. The van der Waals surface area contributed by atoms with Crippen molar-refractivity contribution >= 4 is 52.0 Å². The van der Waals surface area contributed by atoms with Crippen molar-refractivity contribution in [2.75, 3.05) is 26.9 Å². The summed E-state index contributed by atoms with van der Waals surface area (Å²) in [6.45, 7) is 7.53. The van der Waals surface area contributed by atoms with Crippen molar-refractivity contribution in [3.63, 3.8) is 0 Å². The molecule has 1 aliphatic heterocycles. The molecule has 28 heavy (non-hydrogen) atoms. The Kier molecular flexibility index (Phi) is 10.1. The summed E-state index contributed by atoms with van der Waals surface area (Å²) in [4.78, 5) is 15.8. The van der Waals surface area contributed by atoms with Crippen molar-refractivity contribution in [2.45, 2.75) is 39.3 Å². The van der Waals surface area contributed by atoms with Crippen LogP contribution in [0.4, 0.5) is 4.79 Å². The van der Waals surface area contributed by atoms with Gasteiger partial charge in [-0.25, -0.2) is 4.79 Å². The van der Waals surface area contributed by atoms with E-state index in [1.807, 2.05) is 32.9 Å². The molecule has 0 aliphatic carbocycles. The molecule has 0 saturated heterocycles. The Labute approximate surface area is 191 Å². The molecule has 0 aromatic heterocycles. The lowest BCUT2D eigenvalue weighted by molar-refractivity contribution is 0.0527. The Balaban J connectivity index is 0.00000392. The first-order valence-electron chi connectivity index (χ1n) is 8.78. The number of amides is 1. The van der Waals surface area contributed by atoms with Crippen LogP contribution in [-0.2, 0) is 11.3 Å². The lowest BCUT2D eigenvalue weighted by Crippen LogP contribution is -2.39. The number of fused-ring (bicyclic) bond motifs is 1. The molecule has 0 bridgehead atoms. The van der Waals surface area contributed by atoms with Crippen molar-refractivity contribution in [1.82, 2.24) is 16.0 Å². The van der Waals surface area contributed by atoms with Crippen molar-refractivity contribution in [3.05, 3.63) is 22.2 Å². The topological polar surface area (TPSA) is 93.2 Å². The van der Waals surface area contributed by atoms with E-state index in [-0.39, 0.29) is 30.8 Å². The zero-order chi connectivity index (χ0) is 19.9. The van der Waals surface area contributed by atoms with Gasteiger partial charge in [-0.3, -0.25) is 4.99 Å². The highest BCUT2D eigenvalue weighted by atomic mass is 127. The second kappa shape index (κ2) is 11.5. The first-order valence-corrected chi connectivity index (χ1v) is 9.57. The zero-order valence-corrected chi connectivity index (χ0v) is 20.5. The summed E-state index contributed by atoms with van der Waals surface area (Å²) in [5, 5.41) is 9.18. The van der Waals surface area contributed by atoms with Gasteiger partial charge in [-0.15, -0.1) is 24.0 Å². The molecule has 10 heteroatoms. The number of benzene rings is 1. The summed E-state index contributed by atoms with van der Waals surface area (Å²) in [6.07, 6.45) is 0.341. The summed E-state index contributed by atoms with van der Waals surface area (Å²) in [6, 6.07) is 3.93. The van der Waals surface area contributed by atoms with Crippen LogP contribution in [0.1, 0.15) is 32.8 Å². The molecule has 0 spiro atoms. The molecule has 1 aromatic rings. The van der Waals surface area contributed by atoms with E-state index in [9.17, 15) is 4.79 Å². The summed E-state index contributed by atoms with van der Waals surface area (Å²) in [7, 11) is 1.71. The molecule has 0 unspecified atom stereocenters. The smallest absolute Gasteiger partial charge is 0.407 e. The van der Waals surface area contributed by atoms with E-state index < -0.39 is 11.7 Å². The van der Waals surface area contributed by atoms with Gasteiger partial charge in [0, 0.05) is 26.7 Å². The highest BCUT2D eigenvalue weighted by Crippen LogP contribution is 2.39. The number of halogens is 2. The number of hydrogen-bond donors (Lipinski definition) is 3. The predicted octanol–water partition coefficient (Wildman–Crippen LogP) is 3.38. The van der Waals surface area contributed by atoms with E-state index >= 15 is 0 Å². The number of guanidine groups is 1. The van der Waals surface area contributed by atoms with Crippen LogP contribution < -0.4 is 25.4 Å². The monoisotopic (exact) mass is 570 g/mol. The quantitative estimate of drug-likeness (QED) is 0.210. The van der Waals surface area contributed by atoms with Crippen LogP contribution in [0.5, 0.6) is 11.5 Å². The average Bonchev–Trinajstić information content (AvgIpc) is 3.05. The first-order chi connectivity index (χ1) is 12.8. The Morgan fingerprint density at radius 2 is 1.93 bits per heavy atom. The SMILES string of the molecule is CN=C(NCCCNC(=O)OC(C)(C)C)NCc1cc(Br)c2c(c1)OCO2.I. The minimum Gasteiger partial charge on any atom is -0.454 e. The molecule has 0 atom stereocenters. The molecular weight excluding hydrogens is 543 g/mol. The van der Waals surface area contributed by atoms with Crippen LogP contribution >= 0.6 is 39.9 Å². The minimum atomic E-state index is -0.488. The van der Waals surface area contributed by atoms with E-state index in [4.69, 9.17) is 14.2 Å². The van der Waals surface area contributed by atoms with Crippen molar-refractivity contribution in [3.8, 4) is 11.5 Å². The lowest BCUT2D eigenvalue weighted by Gasteiger charge is -2.19. The predicted molar refractivity (Wildman–Crippen MR) is 123 cm³/mol. The maximum absolute atomic E-state index is 11.6. The Morgan fingerprint density at radius 3 is 2.61 bits per heavy atom. The highest BCUT2D eigenvalue weighted by Gasteiger charge is 2.18. The molecule has 1 aromatic carbocycles. The molecule has 0 radical (unpaired) electrons. The number of nitrogens with one attached hydrogen (secondary N) is 3. The highest BCUT2D eigenvalue weighted by molar-refractivity contribution is 14.0. The molecule has 8 nitrogen and oxygen atoms in total. The van der Waals surface area contributed by atoms with E-state index in [0.717, 1.165) is 28.0 Å². The third-order valence-corrected chi connectivity index (χ3v) is 4.07.